The fourth-order valence-electron chi connectivity index (χ4n) is 5.06. The zero-order chi connectivity index (χ0) is 30.0. The first-order valence-corrected chi connectivity index (χ1v) is 15.3. The van der Waals surface area contributed by atoms with E-state index in [2.05, 4.69) is 91.5 Å². The molecule has 0 spiro atoms. The zero-order valence-electron chi connectivity index (χ0n) is 26.8. The molecule has 2 N–H and O–H groups in total. The second kappa shape index (κ2) is 15.2. The molecule has 0 aliphatic rings. The fourth-order valence-corrected chi connectivity index (χ4v) is 5.06. The molecule has 0 radical (unpaired) electrons. The Bertz CT molecular complexity index is 981. The summed E-state index contributed by atoms with van der Waals surface area (Å²) < 4.78 is 12.3. The van der Waals surface area contributed by atoms with Crippen molar-refractivity contribution in [1.82, 2.24) is 4.90 Å². The van der Waals surface area contributed by atoms with Crippen molar-refractivity contribution >= 4 is 0 Å². The van der Waals surface area contributed by atoms with Gasteiger partial charge in [0.25, 0.3) is 0 Å². The largest absolute Gasteiger partial charge is 0.493 e. The lowest BCUT2D eigenvalue weighted by atomic mass is 9.77. The van der Waals surface area contributed by atoms with Gasteiger partial charge < -0.3 is 19.7 Å². The van der Waals surface area contributed by atoms with E-state index in [1.54, 1.807) is 0 Å². The fraction of sp³-hybridized carbons (Fsp3) is 0.657. The topological polar surface area (TPSA) is 62.2 Å². The molecule has 0 bridgehead atoms. The van der Waals surface area contributed by atoms with Crippen molar-refractivity contribution in [2.75, 3.05) is 33.0 Å². The molecular weight excluding hydrogens is 498 g/mol. The third-order valence-corrected chi connectivity index (χ3v) is 9.33. The Morgan fingerprint density at radius 3 is 1.60 bits per heavy atom. The normalized spacial score (nSPS) is 14.3. The van der Waals surface area contributed by atoms with Gasteiger partial charge in [-0.25, -0.2) is 0 Å². The lowest BCUT2D eigenvalue weighted by Gasteiger charge is -2.43. The van der Waals surface area contributed by atoms with Crippen LogP contribution < -0.4 is 9.47 Å². The first kappa shape index (κ1) is 34.1. The van der Waals surface area contributed by atoms with Crippen LogP contribution >= 0.6 is 0 Å². The van der Waals surface area contributed by atoms with Crippen LogP contribution in [0.25, 0.3) is 0 Å². The Morgan fingerprint density at radius 2 is 1.20 bits per heavy atom. The maximum Gasteiger partial charge on any atom is 0.119 e. The molecule has 0 aromatic heterocycles. The van der Waals surface area contributed by atoms with E-state index in [1.165, 1.54) is 11.1 Å². The number of rotatable bonds is 18. The van der Waals surface area contributed by atoms with Crippen molar-refractivity contribution in [3.63, 3.8) is 0 Å². The van der Waals surface area contributed by atoms with Gasteiger partial charge in [0, 0.05) is 23.5 Å². The molecule has 2 aromatic carbocycles. The van der Waals surface area contributed by atoms with Gasteiger partial charge >= 0.3 is 0 Å². The number of benzene rings is 2. The molecular formula is C35H57NO4. The number of hydrogen-bond acceptors (Lipinski definition) is 5. The molecule has 2 aromatic rings. The van der Waals surface area contributed by atoms with E-state index in [-0.39, 0.29) is 41.5 Å². The SMILES string of the molecule is CCCCN(C(CO)COc1ccc(C(C)(C)c2ccc(OCC(CO)C(C)(C)CC)cc2)cc1)C(C)(C)CC. The van der Waals surface area contributed by atoms with E-state index in [0.717, 1.165) is 43.7 Å². The summed E-state index contributed by atoms with van der Waals surface area (Å²) in [6, 6.07) is 16.6. The summed E-state index contributed by atoms with van der Waals surface area (Å²) in [5.74, 6) is 1.74. The molecule has 0 heterocycles. The van der Waals surface area contributed by atoms with Gasteiger partial charge in [0.2, 0.25) is 0 Å². The van der Waals surface area contributed by atoms with Crippen LogP contribution in [0.1, 0.15) is 99.1 Å². The molecule has 0 amide bonds. The summed E-state index contributed by atoms with van der Waals surface area (Å²) in [6.07, 6.45) is 4.25. The second-order valence-electron chi connectivity index (χ2n) is 13.1. The van der Waals surface area contributed by atoms with Gasteiger partial charge in [-0.05, 0) is 74.0 Å². The minimum Gasteiger partial charge on any atom is -0.493 e. The van der Waals surface area contributed by atoms with Crippen LogP contribution in [-0.2, 0) is 5.41 Å². The Labute approximate surface area is 244 Å². The summed E-state index contributed by atoms with van der Waals surface area (Å²) in [7, 11) is 0. The third kappa shape index (κ3) is 8.96. The van der Waals surface area contributed by atoms with Gasteiger partial charge in [-0.3, -0.25) is 4.90 Å². The maximum atomic E-state index is 10.2. The van der Waals surface area contributed by atoms with Crippen molar-refractivity contribution in [2.24, 2.45) is 11.3 Å². The van der Waals surface area contributed by atoms with Crippen molar-refractivity contribution in [2.45, 2.75) is 105 Å². The minimum atomic E-state index is -0.190. The van der Waals surface area contributed by atoms with Gasteiger partial charge in [0.05, 0.1) is 19.3 Å². The number of nitrogens with zero attached hydrogens (tertiary/aromatic N) is 1. The molecule has 0 saturated carbocycles. The molecule has 2 rings (SSSR count). The van der Waals surface area contributed by atoms with Gasteiger partial charge in [-0.2, -0.15) is 0 Å². The smallest absolute Gasteiger partial charge is 0.119 e. The van der Waals surface area contributed by atoms with Gasteiger partial charge in [0.15, 0.2) is 0 Å². The summed E-state index contributed by atoms with van der Waals surface area (Å²) >= 11 is 0. The molecule has 0 fully saturated rings. The van der Waals surface area contributed by atoms with Crippen LogP contribution in [-0.4, -0.2) is 59.7 Å². The van der Waals surface area contributed by atoms with Crippen molar-refractivity contribution in [3.8, 4) is 11.5 Å². The van der Waals surface area contributed by atoms with E-state index >= 15 is 0 Å². The van der Waals surface area contributed by atoms with Gasteiger partial charge in [-0.15, -0.1) is 0 Å². The second-order valence-corrected chi connectivity index (χ2v) is 13.1. The Balaban J connectivity index is 2.06. The Hall–Kier alpha value is -2.08. The summed E-state index contributed by atoms with van der Waals surface area (Å²) in [5, 5.41) is 20.0. The molecule has 2 unspecified atom stereocenters. The predicted octanol–water partition coefficient (Wildman–Crippen LogP) is 7.47. The lowest BCUT2D eigenvalue weighted by Crippen LogP contribution is -2.53. The summed E-state index contributed by atoms with van der Waals surface area (Å²) in [5.41, 5.74) is 2.26. The third-order valence-electron chi connectivity index (χ3n) is 9.33. The molecule has 0 saturated heterocycles. The monoisotopic (exact) mass is 555 g/mol. The van der Waals surface area contributed by atoms with Gasteiger partial charge in [0.1, 0.15) is 18.1 Å². The number of unbranched alkanes of at least 4 members (excludes halogenated alkanes) is 1. The predicted molar refractivity (Wildman–Crippen MR) is 168 cm³/mol. The first-order valence-electron chi connectivity index (χ1n) is 15.3. The Morgan fingerprint density at radius 1 is 0.700 bits per heavy atom. The van der Waals surface area contributed by atoms with Crippen LogP contribution in [0.2, 0.25) is 0 Å². The Kier molecular flexibility index (Phi) is 13.0. The van der Waals surface area contributed by atoms with E-state index < -0.39 is 0 Å². The number of aliphatic hydroxyl groups is 2. The maximum absolute atomic E-state index is 10.2. The quantitative estimate of drug-likeness (QED) is 0.200. The number of hydrogen-bond donors (Lipinski definition) is 2. The van der Waals surface area contributed by atoms with E-state index in [1.807, 2.05) is 24.3 Å². The molecule has 0 aliphatic carbocycles. The summed E-state index contributed by atoms with van der Waals surface area (Å²) in [4.78, 5) is 2.41. The highest BCUT2D eigenvalue weighted by Crippen LogP contribution is 2.34. The van der Waals surface area contributed by atoms with Crippen LogP contribution in [0, 0.1) is 11.3 Å². The van der Waals surface area contributed by atoms with Gasteiger partial charge in [-0.1, -0.05) is 85.6 Å². The van der Waals surface area contributed by atoms with Crippen LogP contribution in [0.3, 0.4) is 0 Å². The van der Waals surface area contributed by atoms with E-state index in [4.69, 9.17) is 9.47 Å². The molecule has 5 nitrogen and oxygen atoms in total. The number of aliphatic hydroxyl groups excluding tert-OH is 2. The van der Waals surface area contributed by atoms with Crippen LogP contribution in [0.4, 0.5) is 0 Å². The average molecular weight is 556 g/mol. The van der Waals surface area contributed by atoms with Crippen molar-refractivity contribution < 1.29 is 19.7 Å². The number of ether oxygens (including phenoxy) is 2. The highest BCUT2D eigenvalue weighted by atomic mass is 16.5. The lowest BCUT2D eigenvalue weighted by molar-refractivity contribution is 0.00952. The van der Waals surface area contributed by atoms with E-state index in [0.29, 0.717) is 13.2 Å². The average Bonchev–Trinajstić information content (AvgIpc) is 2.95. The molecule has 226 valence electrons. The first-order chi connectivity index (χ1) is 18.9. The van der Waals surface area contributed by atoms with Crippen molar-refractivity contribution in [3.05, 3.63) is 59.7 Å². The standard InChI is InChI=1S/C35H57NO4/c1-10-13-22-36(34(6,7)12-3)30(24-38)26-40-32-20-16-28(17-21-32)35(8,9)27-14-18-31(19-15-27)39-25-29(23-37)33(4,5)11-2/h14-21,29-30,37-38H,10-13,22-26H2,1-9H3. The highest BCUT2D eigenvalue weighted by molar-refractivity contribution is 5.41. The molecule has 5 heteroatoms. The highest BCUT2D eigenvalue weighted by Gasteiger charge is 2.31. The molecule has 0 aliphatic heterocycles. The van der Waals surface area contributed by atoms with Crippen molar-refractivity contribution in [1.29, 1.82) is 0 Å². The van der Waals surface area contributed by atoms with Crippen LogP contribution in [0.5, 0.6) is 11.5 Å². The zero-order valence-corrected chi connectivity index (χ0v) is 26.8. The molecule has 40 heavy (non-hydrogen) atoms. The molecule has 2 atom stereocenters. The van der Waals surface area contributed by atoms with Crippen LogP contribution in [0.15, 0.2) is 48.5 Å². The minimum absolute atomic E-state index is 0.00698. The summed E-state index contributed by atoms with van der Waals surface area (Å²) in [6.45, 7) is 22.0. The van der Waals surface area contributed by atoms with E-state index in [9.17, 15) is 10.2 Å².